The van der Waals surface area contributed by atoms with Gasteiger partial charge < -0.3 is 10.0 Å². The molecular formula is C13H17FN2O2. The number of likely N-dealkylation sites (tertiary alicyclic amines) is 1. The lowest BCUT2D eigenvalue weighted by Gasteiger charge is -2.35. The van der Waals surface area contributed by atoms with Crippen LogP contribution in [0.1, 0.15) is 36.2 Å². The molecule has 0 radical (unpaired) electrons. The molecule has 0 spiro atoms. The van der Waals surface area contributed by atoms with Gasteiger partial charge in [-0.1, -0.05) is 6.07 Å². The van der Waals surface area contributed by atoms with Crippen LogP contribution in [0.25, 0.3) is 0 Å². The number of rotatable bonds is 3. The van der Waals surface area contributed by atoms with Gasteiger partial charge in [0.25, 0.3) is 5.91 Å². The summed E-state index contributed by atoms with van der Waals surface area (Å²) in [6, 6.07) is 4.27. The van der Waals surface area contributed by atoms with Gasteiger partial charge in [0.2, 0.25) is 5.95 Å². The van der Waals surface area contributed by atoms with Gasteiger partial charge in [0.05, 0.1) is 0 Å². The number of aromatic nitrogens is 1. The van der Waals surface area contributed by atoms with Gasteiger partial charge in [-0.3, -0.25) is 4.79 Å². The molecule has 4 nitrogen and oxygen atoms in total. The van der Waals surface area contributed by atoms with Crippen molar-refractivity contribution in [2.75, 3.05) is 13.2 Å². The number of carbonyl (C=O) groups is 1. The Hall–Kier alpha value is -1.49. The molecule has 1 fully saturated rings. The number of aliphatic hydroxyl groups is 1. The Kier molecular flexibility index (Phi) is 4.25. The Morgan fingerprint density at radius 1 is 1.50 bits per heavy atom. The van der Waals surface area contributed by atoms with Crippen molar-refractivity contribution in [3.63, 3.8) is 0 Å². The molecule has 0 aliphatic carbocycles. The minimum atomic E-state index is -0.642. The fourth-order valence-corrected chi connectivity index (χ4v) is 2.39. The van der Waals surface area contributed by atoms with Crippen molar-refractivity contribution >= 4 is 5.91 Å². The number of amides is 1. The van der Waals surface area contributed by atoms with Crippen LogP contribution in [0.15, 0.2) is 18.2 Å². The fourth-order valence-electron chi connectivity index (χ4n) is 2.39. The molecule has 1 aliphatic heterocycles. The largest absolute Gasteiger partial charge is 0.396 e. The maximum Gasteiger partial charge on any atom is 0.272 e. The molecular weight excluding hydrogens is 235 g/mol. The molecule has 2 heterocycles. The summed E-state index contributed by atoms with van der Waals surface area (Å²) in [7, 11) is 0. The van der Waals surface area contributed by atoms with Gasteiger partial charge in [0.15, 0.2) is 0 Å². The summed E-state index contributed by atoms with van der Waals surface area (Å²) in [6.07, 6.45) is 3.47. The maximum atomic E-state index is 13.0. The number of aliphatic hydroxyl groups excluding tert-OH is 1. The second-order valence-corrected chi connectivity index (χ2v) is 4.51. The van der Waals surface area contributed by atoms with Crippen LogP contribution in [0.5, 0.6) is 0 Å². The minimum absolute atomic E-state index is 0.0429. The average Bonchev–Trinajstić information content (AvgIpc) is 2.39. The van der Waals surface area contributed by atoms with E-state index < -0.39 is 5.95 Å². The second-order valence-electron chi connectivity index (χ2n) is 4.51. The lowest BCUT2D eigenvalue weighted by molar-refractivity contribution is 0.0567. The van der Waals surface area contributed by atoms with Crippen LogP contribution in [0.2, 0.25) is 0 Å². The first-order valence-electron chi connectivity index (χ1n) is 6.27. The highest BCUT2D eigenvalue weighted by molar-refractivity contribution is 5.92. The van der Waals surface area contributed by atoms with Gasteiger partial charge in [-0.15, -0.1) is 0 Å². The molecule has 18 heavy (non-hydrogen) atoms. The van der Waals surface area contributed by atoms with Crippen LogP contribution < -0.4 is 0 Å². The third-order valence-corrected chi connectivity index (χ3v) is 3.28. The van der Waals surface area contributed by atoms with E-state index in [0.29, 0.717) is 13.0 Å². The highest BCUT2D eigenvalue weighted by Gasteiger charge is 2.27. The van der Waals surface area contributed by atoms with Crippen molar-refractivity contribution < 1.29 is 14.3 Å². The number of piperidine rings is 1. The molecule has 1 amide bonds. The first kappa shape index (κ1) is 13.0. The van der Waals surface area contributed by atoms with Crippen molar-refractivity contribution in [1.29, 1.82) is 0 Å². The summed E-state index contributed by atoms with van der Waals surface area (Å²) in [4.78, 5) is 17.6. The molecule has 98 valence electrons. The van der Waals surface area contributed by atoms with E-state index in [2.05, 4.69) is 4.98 Å². The molecule has 1 aromatic rings. The van der Waals surface area contributed by atoms with Gasteiger partial charge in [-0.25, -0.2) is 4.98 Å². The molecule has 1 atom stereocenters. The van der Waals surface area contributed by atoms with Crippen LogP contribution in [0, 0.1) is 5.95 Å². The summed E-state index contributed by atoms with van der Waals surface area (Å²) in [6.45, 7) is 0.715. The zero-order valence-electron chi connectivity index (χ0n) is 10.2. The first-order valence-corrected chi connectivity index (χ1v) is 6.27. The van der Waals surface area contributed by atoms with Crippen molar-refractivity contribution in [3.8, 4) is 0 Å². The molecule has 1 aliphatic rings. The quantitative estimate of drug-likeness (QED) is 0.831. The summed E-state index contributed by atoms with van der Waals surface area (Å²) >= 11 is 0. The van der Waals surface area contributed by atoms with E-state index >= 15 is 0 Å². The molecule has 1 saturated heterocycles. The summed E-state index contributed by atoms with van der Waals surface area (Å²) < 4.78 is 13.0. The number of hydrogen-bond acceptors (Lipinski definition) is 3. The van der Waals surface area contributed by atoms with E-state index in [1.807, 2.05) is 0 Å². The van der Waals surface area contributed by atoms with E-state index in [1.165, 1.54) is 18.2 Å². The Morgan fingerprint density at radius 2 is 2.33 bits per heavy atom. The van der Waals surface area contributed by atoms with Crippen LogP contribution >= 0.6 is 0 Å². The minimum Gasteiger partial charge on any atom is -0.396 e. The number of carbonyl (C=O) groups excluding carboxylic acids is 1. The van der Waals surface area contributed by atoms with Crippen LogP contribution in [-0.2, 0) is 0 Å². The standard InChI is InChI=1S/C13H17FN2O2/c14-12-6-3-5-11(15-12)13(18)16-8-2-1-4-10(16)7-9-17/h3,5-6,10,17H,1-2,4,7-9H2. The Bertz CT molecular complexity index is 423. The first-order chi connectivity index (χ1) is 8.72. The normalized spacial score (nSPS) is 19.9. The monoisotopic (exact) mass is 252 g/mol. The zero-order chi connectivity index (χ0) is 13.0. The molecule has 0 bridgehead atoms. The Morgan fingerprint density at radius 3 is 3.06 bits per heavy atom. The summed E-state index contributed by atoms with van der Waals surface area (Å²) in [5, 5.41) is 9.02. The van der Waals surface area contributed by atoms with Crippen molar-refractivity contribution in [2.45, 2.75) is 31.7 Å². The van der Waals surface area contributed by atoms with Crippen LogP contribution in [0.4, 0.5) is 4.39 Å². The van der Waals surface area contributed by atoms with Crippen LogP contribution in [0.3, 0.4) is 0 Å². The van der Waals surface area contributed by atoms with Crippen molar-refractivity contribution in [3.05, 3.63) is 29.8 Å². The Balaban J connectivity index is 2.15. The number of halogens is 1. The van der Waals surface area contributed by atoms with Crippen LogP contribution in [-0.4, -0.2) is 40.1 Å². The fraction of sp³-hybridized carbons (Fsp3) is 0.538. The topological polar surface area (TPSA) is 53.4 Å². The van der Waals surface area contributed by atoms with Crippen molar-refractivity contribution in [2.24, 2.45) is 0 Å². The summed E-state index contributed by atoms with van der Waals surface area (Å²) in [5.41, 5.74) is 0.139. The van der Waals surface area contributed by atoms with E-state index in [9.17, 15) is 9.18 Å². The second kappa shape index (κ2) is 5.91. The van der Waals surface area contributed by atoms with Gasteiger partial charge in [0, 0.05) is 19.2 Å². The highest BCUT2D eigenvalue weighted by atomic mass is 19.1. The zero-order valence-corrected chi connectivity index (χ0v) is 10.2. The maximum absolute atomic E-state index is 13.0. The van der Waals surface area contributed by atoms with Gasteiger partial charge in [-0.2, -0.15) is 4.39 Å². The van der Waals surface area contributed by atoms with E-state index in [0.717, 1.165) is 19.3 Å². The van der Waals surface area contributed by atoms with E-state index in [-0.39, 0.29) is 24.2 Å². The molecule has 1 N–H and O–H groups in total. The summed E-state index contributed by atoms with van der Waals surface area (Å²) in [5.74, 6) is -0.885. The molecule has 0 aromatic carbocycles. The number of hydrogen-bond donors (Lipinski definition) is 1. The molecule has 1 unspecified atom stereocenters. The van der Waals surface area contributed by atoms with Gasteiger partial charge in [0.1, 0.15) is 5.69 Å². The molecule has 5 heteroatoms. The predicted molar refractivity (Wildman–Crippen MR) is 64.6 cm³/mol. The molecule has 0 saturated carbocycles. The van der Waals surface area contributed by atoms with Gasteiger partial charge >= 0.3 is 0 Å². The lowest BCUT2D eigenvalue weighted by Crippen LogP contribution is -2.44. The van der Waals surface area contributed by atoms with E-state index in [1.54, 1.807) is 4.90 Å². The molecule has 1 aromatic heterocycles. The molecule has 2 rings (SSSR count). The van der Waals surface area contributed by atoms with E-state index in [4.69, 9.17) is 5.11 Å². The Labute approximate surface area is 105 Å². The smallest absolute Gasteiger partial charge is 0.272 e. The third kappa shape index (κ3) is 2.85. The van der Waals surface area contributed by atoms with Crippen molar-refractivity contribution in [1.82, 2.24) is 9.88 Å². The van der Waals surface area contributed by atoms with Gasteiger partial charge in [-0.05, 0) is 37.8 Å². The average molecular weight is 252 g/mol. The lowest BCUT2D eigenvalue weighted by atomic mass is 9.99. The third-order valence-electron chi connectivity index (χ3n) is 3.28. The number of pyridine rings is 1. The predicted octanol–water partition coefficient (Wildman–Crippen LogP) is 1.60. The highest BCUT2D eigenvalue weighted by Crippen LogP contribution is 2.21. The SMILES string of the molecule is O=C(c1cccc(F)n1)N1CCCCC1CCO. The number of nitrogens with zero attached hydrogens (tertiary/aromatic N) is 2.